The van der Waals surface area contributed by atoms with Crippen molar-refractivity contribution in [2.45, 2.75) is 29.0 Å². The molecule has 3 heterocycles. The molecule has 51 heavy (non-hydrogen) atoms. The summed E-state index contributed by atoms with van der Waals surface area (Å²) in [5.74, 6) is -21.1. The van der Waals surface area contributed by atoms with Gasteiger partial charge in [0, 0.05) is 22.4 Å². The highest BCUT2D eigenvalue weighted by Gasteiger charge is 2.77. The van der Waals surface area contributed by atoms with Crippen molar-refractivity contribution in [3.8, 4) is 11.5 Å². The highest BCUT2D eigenvalue weighted by molar-refractivity contribution is 9.10. The van der Waals surface area contributed by atoms with E-state index in [1.165, 1.54) is 24.5 Å². The van der Waals surface area contributed by atoms with E-state index in [0.717, 1.165) is 4.90 Å². The zero-order valence-electron chi connectivity index (χ0n) is 25.5. The SMILES string of the molecule is O=C1C2CC=C3C(CC4(Cl)C(=O)N(c5c(F)c(F)c(F)c(F)c5F)C(=O)C4(Cl)C3C3=COc4ccc(O)cc4C3)C2C(=O)N1c1ccc(Br)cc1. The molecule has 0 aromatic heterocycles. The van der Waals surface area contributed by atoms with Crippen LogP contribution in [0.15, 0.2) is 70.4 Å². The van der Waals surface area contributed by atoms with Gasteiger partial charge in [0.25, 0.3) is 11.8 Å². The Morgan fingerprint density at radius 2 is 1.47 bits per heavy atom. The van der Waals surface area contributed by atoms with Crippen molar-refractivity contribution in [2.24, 2.45) is 23.7 Å². The van der Waals surface area contributed by atoms with Crippen LogP contribution in [-0.2, 0) is 25.6 Å². The second-order valence-corrected chi connectivity index (χ2v) is 15.1. The van der Waals surface area contributed by atoms with Crippen molar-refractivity contribution in [3.63, 3.8) is 0 Å². The highest BCUT2D eigenvalue weighted by Crippen LogP contribution is 2.65. The van der Waals surface area contributed by atoms with Crippen molar-refractivity contribution in [1.29, 1.82) is 0 Å². The number of phenolic OH excluding ortho intramolecular Hbond substituents is 1. The van der Waals surface area contributed by atoms with Crippen LogP contribution in [-0.4, -0.2) is 38.5 Å². The van der Waals surface area contributed by atoms with Crippen molar-refractivity contribution in [3.05, 3.63) is 105 Å². The molecule has 3 aromatic carbocycles. The Kier molecular flexibility index (Phi) is 7.54. The number of phenols is 1. The lowest BCUT2D eigenvalue weighted by Gasteiger charge is -2.51. The Balaban J connectivity index is 1.31. The number of nitrogens with zero attached hydrogens (tertiary/aromatic N) is 2. The molecule has 1 N–H and O–H groups in total. The lowest BCUT2D eigenvalue weighted by Crippen LogP contribution is -2.61. The number of rotatable bonds is 3. The fourth-order valence-corrected chi connectivity index (χ4v) is 9.44. The van der Waals surface area contributed by atoms with E-state index in [9.17, 15) is 37.5 Å². The van der Waals surface area contributed by atoms with Crippen LogP contribution in [0.1, 0.15) is 18.4 Å². The Labute approximate surface area is 303 Å². The van der Waals surface area contributed by atoms with Gasteiger partial charge in [0.05, 0.1) is 23.8 Å². The minimum atomic E-state index is -2.68. The standard InChI is InChI=1S/C35H20BrCl2F5N2O6/c36-15-1-3-16(4-2-15)44-30(47)19-7-6-18-20(22(19)31(44)48)11-34(37)32(49)45(29-27(42)25(40)24(39)26(41)28(29)43)33(50)35(34,38)23(18)14-9-13-10-17(46)5-8-21(13)51-12-14/h1-6,8,10,12,19-20,22-23,46H,7,9,11H2. The van der Waals surface area contributed by atoms with Gasteiger partial charge in [0.15, 0.2) is 33.0 Å². The van der Waals surface area contributed by atoms with Gasteiger partial charge in [-0.2, -0.15) is 0 Å². The molecule has 3 fully saturated rings. The Bertz CT molecular complexity index is 2190. The number of alkyl halides is 2. The number of anilines is 2. The van der Waals surface area contributed by atoms with Crippen molar-refractivity contribution < 1.29 is 51.0 Å². The summed E-state index contributed by atoms with van der Waals surface area (Å²) in [5.41, 5.74) is -0.703. The first-order chi connectivity index (χ1) is 24.1. The largest absolute Gasteiger partial charge is 0.508 e. The quantitative estimate of drug-likeness (QED) is 0.0766. The average molecular weight is 810 g/mol. The normalized spacial score (nSPS) is 29.6. The molecular formula is C35H20BrCl2F5N2O6. The second kappa shape index (κ2) is 11.4. The molecule has 0 spiro atoms. The molecule has 0 bridgehead atoms. The summed E-state index contributed by atoms with van der Waals surface area (Å²) in [6, 6.07) is 10.6. The zero-order chi connectivity index (χ0) is 36.5. The molecule has 3 aromatic rings. The van der Waals surface area contributed by atoms with Crippen LogP contribution in [0, 0.1) is 52.8 Å². The molecule has 1 saturated carbocycles. The molecular weight excluding hydrogens is 790 g/mol. The van der Waals surface area contributed by atoms with Crippen LogP contribution in [0.3, 0.4) is 0 Å². The number of benzene rings is 3. The topological polar surface area (TPSA) is 104 Å². The van der Waals surface area contributed by atoms with Gasteiger partial charge in [0.2, 0.25) is 17.6 Å². The molecule has 4 amide bonds. The number of allylic oxidation sites excluding steroid dienone is 3. The Hall–Kier alpha value is -4.27. The molecule has 8 rings (SSSR count). The van der Waals surface area contributed by atoms with Gasteiger partial charge >= 0.3 is 0 Å². The predicted octanol–water partition coefficient (Wildman–Crippen LogP) is 6.97. The van der Waals surface area contributed by atoms with E-state index in [0.29, 0.717) is 21.4 Å². The van der Waals surface area contributed by atoms with E-state index in [1.54, 1.807) is 30.3 Å². The molecule has 8 nitrogen and oxygen atoms in total. The smallest absolute Gasteiger partial charge is 0.258 e. The van der Waals surface area contributed by atoms with Gasteiger partial charge in [-0.05, 0) is 66.8 Å². The third kappa shape index (κ3) is 4.42. The van der Waals surface area contributed by atoms with Crippen molar-refractivity contribution in [2.75, 3.05) is 9.80 Å². The summed E-state index contributed by atoms with van der Waals surface area (Å²) in [6.45, 7) is 0. The van der Waals surface area contributed by atoms with Gasteiger partial charge < -0.3 is 9.84 Å². The number of imide groups is 2. The third-order valence-corrected chi connectivity index (χ3v) is 12.4. The summed E-state index contributed by atoms with van der Waals surface area (Å²) >= 11 is 17.7. The monoisotopic (exact) mass is 808 g/mol. The van der Waals surface area contributed by atoms with Crippen LogP contribution in [0.4, 0.5) is 33.3 Å². The molecule has 16 heteroatoms. The van der Waals surface area contributed by atoms with E-state index in [2.05, 4.69) is 15.9 Å². The summed E-state index contributed by atoms with van der Waals surface area (Å²) in [5, 5.41) is 10.2. The lowest BCUT2D eigenvalue weighted by atomic mass is 9.56. The molecule has 262 valence electrons. The molecule has 5 aliphatic rings. The maximum Gasteiger partial charge on any atom is 0.258 e. The molecule has 6 atom stereocenters. The Morgan fingerprint density at radius 1 is 0.824 bits per heavy atom. The molecule has 6 unspecified atom stereocenters. The lowest BCUT2D eigenvalue weighted by molar-refractivity contribution is -0.125. The highest BCUT2D eigenvalue weighted by atomic mass is 79.9. The van der Waals surface area contributed by atoms with Crippen LogP contribution in [0.2, 0.25) is 0 Å². The summed E-state index contributed by atoms with van der Waals surface area (Å²) in [6.07, 6.45) is 2.12. The van der Waals surface area contributed by atoms with Crippen molar-refractivity contribution in [1.82, 2.24) is 0 Å². The van der Waals surface area contributed by atoms with Crippen molar-refractivity contribution >= 4 is 74.1 Å². The Morgan fingerprint density at radius 3 is 2.14 bits per heavy atom. The fraction of sp³-hybridized carbons (Fsp3) is 0.257. The third-order valence-electron chi connectivity index (χ3n) is 10.5. The first-order valence-corrected chi connectivity index (χ1v) is 17.0. The fourth-order valence-electron chi connectivity index (χ4n) is 8.22. The van der Waals surface area contributed by atoms with Crippen LogP contribution < -0.4 is 14.5 Å². The maximum atomic E-state index is 15.3. The molecule has 3 aliphatic heterocycles. The predicted molar refractivity (Wildman–Crippen MR) is 174 cm³/mol. The maximum absolute atomic E-state index is 15.3. The number of amides is 4. The summed E-state index contributed by atoms with van der Waals surface area (Å²) in [4.78, 5) is 52.3. The van der Waals surface area contributed by atoms with E-state index in [-0.39, 0.29) is 34.8 Å². The van der Waals surface area contributed by atoms with Gasteiger partial charge in [-0.1, -0.05) is 27.6 Å². The number of carbonyl (C=O) groups excluding carboxylic acids is 4. The minimum absolute atomic E-state index is 0.0120. The van der Waals surface area contributed by atoms with Gasteiger partial charge in [-0.15, -0.1) is 23.2 Å². The number of carbonyl (C=O) groups is 4. The number of hydrogen-bond donors (Lipinski definition) is 1. The first kappa shape index (κ1) is 33.9. The van der Waals surface area contributed by atoms with Crippen LogP contribution in [0.25, 0.3) is 0 Å². The number of aromatic hydroxyl groups is 1. The van der Waals surface area contributed by atoms with Gasteiger partial charge in [0.1, 0.15) is 17.2 Å². The van der Waals surface area contributed by atoms with E-state index >= 15 is 8.78 Å². The number of fused-ring (bicyclic) bond motifs is 5. The molecule has 2 saturated heterocycles. The van der Waals surface area contributed by atoms with Gasteiger partial charge in [-0.25, -0.2) is 26.9 Å². The number of hydrogen-bond acceptors (Lipinski definition) is 6. The summed E-state index contributed by atoms with van der Waals surface area (Å²) < 4.78 is 80.0. The van der Waals surface area contributed by atoms with Crippen LogP contribution in [0.5, 0.6) is 11.5 Å². The number of halogens is 8. The molecule has 2 aliphatic carbocycles. The molecule has 0 radical (unpaired) electrons. The number of ether oxygens (including phenoxy) is 1. The van der Waals surface area contributed by atoms with E-state index in [4.69, 9.17) is 27.9 Å². The van der Waals surface area contributed by atoms with E-state index in [1.807, 2.05) is 0 Å². The average Bonchev–Trinajstić information content (AvgIpc) is 3.44. The summed E-state index contributed by atoms with van der Waals surface area (Å²) in [7, 11) is 0. The first-order valence-electron chi connectivity index (χ1n) is 15.4. The minimum Gasteiger partial charge on any atom is -0.508 e. The second-order valence-electron chi connectivity index (χ2n) is 13.0. The van der Waals surface area contributed by atoms with Gasteiger partial charge in [-0.3, -0.25) is 24.1 Å². The van der Waals surface area contributed by atoms with Crippen LogP contribution >= 0.6 is 39.1 Å². The van der Waals surface area contributed by atoms with E-state index < -0.39 is 98.2 Å². The zero-order valence-corrected chi connectivity index (χ0v) is 28.6.